The van der Waals surface area contributed by atoms with Crippen LogP contribution in [0, 0.1) is 5.82 Å². The number of aromatic nitrogens is 2. The lowest BCUT2D eigenvalue weighted by Crippen LogP contribution is -2.27. The first-order valence-electron chi connectivity index (χ1n) is 10.1. The third-order valence-corrected chi connectivity index (χ3v) is 5.33. The monoisotopic (exact) mass is 395 g/mol. The summed E-state index contributed by atoms with van der Waals surface area (Å²) in [5.41, 5.74) is 2.60. The highest BCUT2D eigenvalue weighted by Crippen LogP contribution is 2.35. The number of halogens is 1. The van der Waals surface area contributed by atoms with Gasteiger partial charge in [-0.05, 0) is 81.4 Å². The molecule has 0 aliphatic carbocycles. The molecule has 0 unspecified atom stereocenters. The number of nitrogens with zero attached hydrogens (tertiary/aromatic N) is 2. The minimum atomic E-state index is -0.239. The molecule has 1 saturated heterocycles. The maximum atomic E-state index is 15.7. The number of piperidine rings is 1. The quantitative estimate of drug-likeness (QED) is 0.665. The van der Waals surface area contributed by atoms with Gasteiger partial charge < -0.3 is 14.8 Å². The van der Waals surface area contributed by atoms with Gasteiger partial charge in [0.25, 0.3) is 0 Å². The van der Waals surface area contributed by atoms with Crippen molar-refractivity contribution in [3.63, 3.8) is 0 Å². The number of rotatable bonds is 6. The second kappa shape index (κ2) is 8.66. The van der Waals surface area contributed by atoms with Gasteiger partial charge in [0.1, 0.15) is 22.9 Å². The summed E-state index contributed by atoms with van der Waals surface area (Å²) in [6, 6.07) is 15.0. The molecule has 0 spiro atoms. The molecule has 152 valence electrons. The highest BCUT2D eigenvalue weighted by Gasteiger charge is 2.27. The van der Waals surface area contributed by atoms with Crippen LogP contribution in [0.3, 0.4) is 0 Å². The molecule has 1 aliphatic heterocycles. The maximum Gasteiger partial charge on any atom is 0.173 e. The Balaban J connectivity index is 1.80. The van der Waals surface area contributed by atoms with Gasteiger partial charge in [0.15, 0.2) is 5.82 Å². The predicted molar refractivity (Wildman–Crippen MR) is 112 cm³/mol. The van der Waals surface area contributed by atoms with Gasteiger partial charge in [-0.3, -0.25) is 0 Å². The summed E-state index contributed by atoms with van der Waals surface area (Å²) in [7, 11) is 1.63. The van der Waals surface area contributed by atoms with E-state index in [1.165, 1.54) is 0 Å². The van der Waals surface area contributed by atoms with E-state index in [4.69, 9.17) is 14.6 Å². The summed E-state index contributed by atoms with van der Waals surface area (Å²) < 4.78 is 28.2. The average molecular weight is 395 g/mol. The highest BCUT2D eigenvalue weighted by molar-refractivity contribution is 5.65. The van der Waals surface area contributed by atoms with Gasteiger partial charge in [-0.2, -0.15) is 5.10 Å². The van der Waals surface area contributed by atoms with Crippen molar-refractivity contribution in [2.24, 2.45) is 0 Å². The molecule has 5 nitrogen and oxygen atoms in total. The first kappa shape index (κ1) is 19.5. The Labute approximate surface area is 170 Å². The Morgan fingerprint density at radius 2 is 1.69 bits per heavy atom. The second-order valence-corrected chi connectivity index (χ2v) is 7.14. The zero-order valence-electron chi connectivity index (χ0n) is 16.8. The standard InChI is InChI=1S/C23H26FN3O2/c1-3-29-20-8-4-17(5-9-20)23-21(24)22(16-12-14-25-15-13-16)26-27(23)18-6-10-19(28-2)11-7-18/h4-11,16,25H,3,12-15H2,1-2H3. The van der Waals surface area contributed by atoms with Crippen molar-refractivity contribution in [3.8, 4) is 28.4 Å². The highest BCUT2D eigenvalue weighted by atomic mass is 19.1. The molecule has 4 rings (SSSR count). The van der Waals surface area contributed by atoms with E-state index < -0.39 is 0 Å². The van der Waals surface area contributed by atoms with E-state index in [-0.39, 0.29) is 11.7 Å². The molecule has 2 heterocycles. The SMILES string of the molecule is CCOc1ccc(-c2c(F)c(C3CCNCC3)nn2-c2ccc(OC)cc2)cc1. The number of ether oxygens (including phenoxy) is 2. The zero-order valence-corrected chi connectivity index (χ0v) is 16.8. The lowest BCUT2D eigenvalue weighted by molar-refractivity contribution is 0.340. The molecule has 3 aromatic rings. The third kappa shape index (κ3) is 3.98. The Morgan fingerprint density at radius 3 is 2.31 bits per heavy atom. The van der Waals surface area contributed by atoms with E-state index in [9.17, 15) is 0 Å². The second-order valence-electron chi connectivity index (χ2n) is 7.14. The minimum Gasteiger partial charge on any atom is -0.497 e. The number of hydrogen-bond donors (Lipinski definition) is 1. The third-order valence-electron chi connectivity index (χ3n) is 5.33. The van der Waals surface area contributed by atoms with Crippen LogP contribution in [0.4, 0.5) is 4.39 Å². The maximum absolute atomic E-state index is 15.7. The first-order chi connectivity index (χ1) is 14.2. The van der Waals surface area contributed by atoms with Crippen molar-refractivity contribution in [3.05, 3.63) is 60.0 Å². The van der Waals surface area contributed by atoms with Crippen molar-refractivity contribution >= 4 is 0 Å². The normalized spacial score (nSPS) is 14.7. The van der Waals surface area contributed by atoms with Crippen LogP contribution in [-0.4, -0.2) is 36.6 Å². The largest absolute Gasteiger partial charge is 0.497 e. The van der Waals surface area contributed by atoms with Crippen molar-refractivity contribution < 1.29 is 13.9 Å². The van der Waals surface area contributed by atoms with Crippen LogP contribution in [0.25, 0.3) is 16.9 Å². The smallest absolute Gasteiger partial charge is 0.173 e. The summed E-state index contributed by atoms with van der Waals surface area (Å²) in [4.78, 5) is 0. The molecule has 1 fully saturated rings. The van der Waals surface area contributed by atoms with E-state index in [1.54, 1.807) is 11.8 Å². The van der Waals surface area contributed by atoms with Crippen molar-refractivity contribution in [1.29, 1.82) is 0 Å². The Kier molecular flexibility index (Phi) is 5.81. The van der Waals surface area contributed by atoms with E-state index >= 15 is 4.39 Å². The Morgan fingerprint density at radius 1 is 1.03 bits per heavy atom. The van der Waals surface area contributed by atoms with E-state index in [0.29, 0.717) is 18.0 Å². The molecule has 0 radical (unpaired) electrons. The molecule has 1 aromatic heterocycles. The summed E-state index contributed by atoms with van der Waals surface area (Å²) >= 11 is 0. The van der Waals surface area contributed by atoms with Gasteiger partial charge in [0.05, 0.1) is 19.4 Å². The Hall–Kier alpha value is -2.86. The molecule has 2 aromatic carbocycles. The number of benzene rings is 2. The number of nitrogens with one attached hydrogen (secondary N) is 1. The molecule has 29 heavy (non-hydrogen) atoms. The van der Waals surface area contributed by atoms with Gasteiger partial charge in [0.2, 0.25) is 0 Å². The molecule has 1 aliphatic rings. The molecule has 0 atom stereocenters. The molecular formula is C23H26FN3O2. The molecule has 1 N–H and O–H groups in total. The van der Waals surface area contributed by atoms with E-state index in [1.807, 2.05) is 55.5 Å². The minimum absolute atomic E-state index is 0.122. The molecule has 0 saturated carbocycles. The zero-order chi connectivity index (χ0) is 20.2. The van der Waals surface area contributed by atoms with E-state index in [0.717, 1.165) is 48.7 Å². The summed E-state index contributed by atoms with van der Waals surface area (Å²) in [6.07, 6.45) is 1.78. The van der Waals surface area contributed by atoms with Crippen LogP contribution in [0.2, 0.25) is 0 Å². The van der Waals surface area contributed by atoms with Crippen LogP contribution in [-0.2, 0) is 0 Å². The van der Waals surface area contributed by atoms with Gasteiger partial charge in [-0.15, -0.1) is 0 Å². The number of methoxy groups -OCH3 is 1. The fourth-order valence-electron chi connectivity index (χ4n) is 3.81. The van der Waals surface area contributed by atoms with Gasteiger partial charge in [-0.1, -0.05) is 0 Å². The lowest BCUT2D eigenvalue weighted by Gasteiger charge is -2.20. The van der Waals surface area contributed by atoms with Gasteiger partial charge in [0, 0.05) is 11.5 Å². The van der Waals surface area contributed by atoms with Gasteiger partial charge in [-0.25, -0.2) is 9.07 Å². The molecule has 6 heteroatoms. The fraction of sp³-hybridized carbons (Fsp3) is 0.348. The lowest BCUT2D eigenvalue weighted by atomic mass is 9.94. The summed E-state index contributed by atoms with van der Waals surface area (Å²) in [5, 5.41) is 8.07. The van der Waals surface area contributed by atoms with Crippen LogP contribution >= 0.6 is 0 Å². The van der Waals surface area contributed by atoms with Gasteiger partial charge >= 0.3 is 0 Å². The first-order valence-corrected chi connectivity index (χ1v) is 10.1. The fourth-order valence-corrected chi connectivity index (χ4v) is 3.81. The van der Waals surface area contributed by atoms with Crippen LogP contribution < -0.4 is 14.8 Å². The van der Waals surface area contributed by atoms with Crippen molar-refractivity contribution in [2.45, 2.75) is 25.7 Å². The molecule has 0 amide bonds. The predicted octanol–water partition coefficient (Wildman–Crippen LogP) is 4.55. The molecule has 0 bridgehead atoms. The molecular weight excluding hydrogens is 369 g/mol. The van der Waals surface area contributed by atoms with Crippen LogP contribution in [0.1, 0.15) is 31.4 Å². The summed E-state index contributed by atoms with van der Waals surface area (Å²) in [6.45, 7) is 4.31. The van der Waals surface area contributed by atoms with E-state index in [2.05, 4.69) is 5.32 Å². The number of hydrogen-bond acceptors (Lipinski definition) is 4. The van der Waals surface area contributed by atoms with Crippen molar-refractivity contribution in [2.75, 3.05) is 26.8 Å². The average Bonchev–Trinajstić information content (AvgIpc) is 3.12. The topological polar surface area (TPSA) is 48.3 Å². The Bertz CT molecular complexity index is 946. The van der Waals surface area contributed by atoms with Crippen molar-refractivity contribution in [1.82, 2.24) is 15.1 Å². The van der Waals surface area contributed by atoms with Crippen LogP contribution in [0.15, 0.2) is 48.5 Å². The summed E-state index contributed by atoms with van der Waals surface area (Å²) in [5.74, 6) is 1.40. The van der Waals surface area contributed by atoms with Crippen LogP contribution in [0.5, 0.6) is 11.5 Å².